The fourth-order valence-electron chi connectivity index (χ4n) is 2.25. The molecular weight excluding hydrogens is 450 g/mol. The van der Waals surface area contributed by atoms with E-state index < -0.39 is 0 Å². The van der Waals surface area contributed by atoms with Gasteiger partial charge in [0.15, 0.2) is 0 Å². The van der Waals surface area contributed by atoms with Crippen molar-refractivity contribution in [2.75, 3.05) is 0 Å². The number of rotatable bonds is 2. The third-order valence-electron chi connectivity index (χ3n) is 3.29. The Morgan fingerprint density at radius 3 is 2.45 bits per heavy atom. The average molecular weight is 458 g/mol. The Morgan fingerprint density at radius 2 is 1.68 bits per heavy atom. The SMILES string of the molecule is Cc1ccc(-c2ccc(-c3cc(F)c(Br)c4n[se]nc34)s2)s1. The van der Waals surface area contributed by atoms with Gasteiger partial charge >= 0.3 is 150 Å². The molecule has 0 spiro atoms. The normalized spacial score (nSPS) is 11.4. The van der Waals surface area contributed by atoms with Crippen LogP contribution < -0.4 is 0 Å². The number of hydrogen-bond donors (Lipinski definition) is 0. The zero-order chi connectivity index (χ0) is 15.3. The number of halogens is 2. The van der Waals surface area contributed by atoms with E-state index in [0.717, 1.165) is 16.0 Å². The van der Waals surface area contributed by atoms with Gasteiger partial charge in [0.1, 0.15) is 0 Å². The van der Waals surface area contributed by atoms with E-state index in [0.29, 0.717) is 9.99 Å². The number of benzene rings is 1. The fraction of sp³-hybridized carbons (Fsp3) is 0.0667. The van der Waals surface area contributed by atoms with Gasteiger partial charge in [-0.2, -0.15) is 0 Å². The number of fused-ring (bicyclic) bond motifs is 1. The molecule has 0 aliphatic heterocycles. The van der Waals surface area contributed by atoms with E-state index in [1.54, 1.807) is 28.7 Å². The van der Waals surface area contributed by atoms with E-state index in [4.69, 9.17) is 0 Å². The van der Waals surface area contributed by atoms with Crippen molar-refractivity contribution < 1.29 is 4.39 Å². The first kappa shape index (κ1) is 14.7. The molecule has 0 N–H and O–H groups in total. The van der Waals surface area contributed by atoms with Crippen LogP contribution in [0.25, 0.3) is 31.2 Å². The van der Waals surface area contributed by atoms with Crippen LogP contribution in [0.3, 0.4) is 0 Å². The van der Waals surface area contributed by atoms with E-state index in [-0.39, 0.29) is 20.8 Å². The Morgan fingerprint density at radius 1 is 1.00 bits per heavy atom. The van der Waals surface area contributed by atoms with E-state index >= 15 is 0 Å². The van der Waals surface area contributed by atoms with Crippen LogP contribution >= 0.6 is 38.6 Å². The summed E-state index contributed by atoms with van der Waals surface area (Å²) in [4.78, 5) is 4.76. The average Bonchev–Trinajstić information content (AvgIpc) is 3.22. The number of aromatic nitrogens is 2. The number of aryl methyl sites for hydroxylation is 1. The van der Waals surface area contributed by atoms with Gasteiger partial charge in [-0.15, -0.1) is 0 Å². The molecule has 0 saturated heterocycles. The minimum atomic E-state index is -0.285. The van der Waals surface area contributed by atoms with Gasteiger partial charge in [0.2, 0.25) is 0 Å². The first-order chi connectivity index (χ1) is 10.6. The first-order valence-corrected chi connectivity index (χ1v) is 10.4. The van der Waals surface area contributed by atoms with Gasteiger partial charge in [-0.05, 0) is 0 Å². The Hall–Kier alpha value is -0.851. The second-order valence-electron chi connectivity index (χ2n) is 4.76. The molecule has 0 radical (unpaired) electrons. The van der Waals surface area contributed by atoms with Crippen LogP contribution in [0.15, 0.2) is 34.8 Å². The molecule has 4 aromatic rings. The Labute approximate surface area is 149 Å². The molecule has 1 aromatic carbocycles. The molecule has 7 heteroatoms. The van der Waals surface area contributed by atoms with Crippen molar-refractivity contribution in [3.63, 3.8) is 0 Å². The molecule has 4 rings (SSSR count). The molecule has 0 unspecified atom stereocenters. The van der Waals surface area contributed by atoms with Gasteiger partial charge < -0.3 is 0 Å². The second-order valence-corrected chi connectivity index (χ2v) is 9.03. The van der Waals surface area contributed by atoms with Crippen LogP contribution in [-0.4, -0.2) is 22.9 Å². The molecule has 3 aromatic heterocycles. The van der Waals surface area contributed by atoms with Crippen molar-refractivity contribution in [3.05, 3.63) is 45.5 Å². The summed E-state index contributed by atoms with van der Waals surface area (Å²) in [6, 6.07) is 9.93. The molecule has 0 fully saturated rings. The van der Waals surface area contributed by atoms with E-state index in [2.05, 4.69) is 49.0 Å². The number of thiophene rings is 2. The summed E-state index contributed by atoms with van der Waals surface area (Å²) in [5, 5.41) is 0. The fourth-order valence-corrected chi connectivity index (χ4v) is 6.08. The zero-order valence-electron chi connectivity index (χ0n) is 11.3. The van der Waals surface area contributed by atoms with E-state index in [1.807, 2.05) is 6.07 Å². The maximum absolute atomic E-state index is 14.1. The molecule has 0 atom stereocenters. The van der Waals surface area contributed by atoms with E-state index in [9.17, 15) is 4.39 Å². The van der Waals surface area contributed by atoms with Crippen molar-refractivity contribution >= 4 is 64.6 Å². The van der Waals surface area contributed by atoms with Gasteiger partial charge in [-0.3, -0.25) is 0 Å². The molecule has 0 aliphatic carbocycles. The van der Waals surface area contributed by atoms with Crippen LogP contribution in [0.2, 0.25) is 0 Å². The van der Waals surface area contributed by atoms with Crippen molar-refractivity contribution in [3.8, 4) is 20.2 Å². The third kappa shape index (κ3) is 2.41. The molecule has 22 heavy (non-hydrogen) atoms. The summed E-state index contributed by atoms with van der Waals surface area (Å²) in [5.41, 5.74) is 2.30. The minimum absolute atomic E-state index is 0.182. The molecule has 3 heterocycles. The molecule has 0 bridgehead atoms. The second kappa shape index (κ2) is 5.65. The van der Waals surface area contributed by atoms with Crippen LogP contribution in [0.1, 0.15) is 4.88 Å². The summed E-state index contributed by atoms with van der Waals surface area (Å²) >= 11 is 6.52. The molecule has 0 aliphatic rings. The summed E-state index contributed by atoms with van der Waals surface area (Å²) in [7, 11) is 0. The van der Waals surface area contributed by atoms with Crippen LogP contribution in [0, 0.1) is 12.7 Å². The van der Waals surface area contributed by atoms with E-state index in [1.165, 1.54) is 14.6 Å². The monoisotopic (exact) mass is 458 g/mol. The van der Waals surface area contributed by atoms with Gasteiger partial charge in [-0.25, -0.2) is 0 Å². The predicted octanol–water partition coefficient (Wildman–Crippen LogP) is 5.35. The van der Waals surface area contributed by atoms with Crippen LogP contribution in [0.4, 0.5) is 4.39 Å². The van der Waals surface area contributed by atoms with Crippen molar-refractivity contribution in [2.45, 2.75) is 6.92 Å². The summed E-state index contributed by atoms with van der Waals surface area (Å²) < 4.78 is 23.3. The van der Waals surface area contributed by atoms with Crippen molar-refractivity contribution in [2.24, 2.45) is 0 Å². The quantitative estimate of drug-likeness (QED) is 0.379. The molecule has 0 amide bonds. The molecule has 2 nitrogen and oxygen atoms in total. The summed E-state index contributed by atoms with van der Waals surface area (Å²) in [6.45, 7) is 2.10. The van der Waals surface area contributed by atoms with Gasteiger partial charge in [0.05, 0.1) is 0 Å². The van der Waals surface area contributed by atoms with Crippen molar-refractivity contribution in [1.82, 2.24) is 7.96 Å². The maximum atomic E-state index is 14.1. The summed E-state index contributed by atoms with van der Waals surface area (Å²) in [6.07, 6.45) is 0. The Balaban J connectivity index is 1.88. The standard InChI is InChI=1S/C15H8BrFN2S2Se/c1-7-2-3-11(20-7)12-5-4-10(21-12)8-6-9(17)13(16)15-14(8)18-22-19-15/h2-6H,1H3. The first-order valence-electron chi connectivity index (χ1n) is 6.41. The Bertz CT molecular complexity index is 989. The number of nitrogens with zero attached hydrogens (tertiary/aromatic N) is 2. The van der Waals surface area contributed by atoms with Gasteiger partial charge in [-0.1, -0.05) is 0 Å². The van der Waals surface area contributed by atoms with Gasteiger partial charge in [0.25, 0.3) is 0 Å². The predicted molar refractivity (Wildman–Crippen MR) is 95.5 cm³/mol. The molecule has 0 saturated carbocycles. The molecule has 110 valence electrons. The van der Waals surface area contributed by atoms with Gasteiger partial charge in [0, 0.05) is 0 Å². The molecular formula is C15H8BrFN2S2Se. The third-order valence-corrected chi connectivity index (χ3v) is 7.47. The zero-order valence-corrected chi connectivity index (χ0v) is 16.2. The van der Waals surface area contributed by atoms with Crippen molar-refractivity contribution in [1.29, 1.82) is 0 Å². The summed E-state index contributed by atoms with van der Waals surface area (Å²) in [5.74, 6) is -0.285. The number of hydrogen-bond acceptors (Lipinski definition) is 4. The topological polar surface area (TPSA) is 25.8 Å². The Kier molecular flexibility index (Phi) is 3.78. The van der Waals surface area contributed by atoms with Crippen LogP contribution in [-0.2, 0) is 0 Å². The van der Waals surface area contributed by atoms with Crippen LogP contribution in [0.5, 0.6) is 0 Å².